The number of carbonyl (C=O) groups excluding carboxylic acids is 1. The maximum absolute atomic E-state index is 10.9. The molecule has 1 aromatic rings. The van der Waals surface area contributed by atoms with Crippen LogP contribution < -0.4 is 5.73 Å². The summed E-state index contributed by atoms with van der Waals surface area (Å²) in [4.78, 5) is 10.9. The number of hydrogen-bond donors (Lipinski definition) is 1. The Hall–Kier alpha value is -0.730. The second kappa shape index (κ2) is 3.99. The Morgan fingerprint density at radius 2 is 2.08 bits per heavy atom. The van der Waals surface area contributed by atoms with Crippen LogP contribution in [0.3, 0.4) is 0 Å². The van der Waals surface area contributed by atoms with Gasteiger partial charge in [0.1, 0.15) is 0 Å². The Kier molecular flexibility index (Phi) is 3.17. The summed E-state index contributed by atoms with van der Waals surface area (Å²) < 4.78 is 0. The molecule has 0 aliphatic carbocycles. The molecular weight excluding hydrogens is 209 g/mol. The lowest BCUT2D eigenvalue weighted by Crippen LogP contribution is -2.12. The summed E-state index contributed by atoms with van der Waals surface area (Å²) in [5.74, 6) is -0.554. The van der Waals surface area contributed by atoms with Crippen LogP contribution in [0.5, 0.6) is 0 Å². The van der Waals surface area contributed by atoms with Gasteiger partial charge >= 0.3 is 0 Å². The standard InChI is InChI=1S/C9H9Cl2NO/c1-2-5-3-6(10)4-7(8(5)11)9(12)13/h3-4H,2H2,1H3,(H2,12,13). The van der Waals surface area contributed by atoms with Crippen molar-refractivity contribution in [3.8, 4) is 0 Å². The highest BCUT2D eigenvalue weighted by Gasteiger charge is 2.11. The third-order valence-electron chi connectivity index (χ3n) is 1.76. The Labute approximate surface area is 86.6 Å². The van der Waals surface area contributed by atoms with Crippen molar-refractivity contribution in [1.82, 2.24) is 0 Å². The average Bonchev–Trinajstić information content (AvgIpc) is 2.08. The molecule has 0 fully saturated rings. The van der Waals surface area contributed by atoms with Gasteiger partial charge in [0.05, 0.1) is 10.6 Å². The SMILES string of the molecule is CCc1cc(Cl)cc(C(N)=O)c1Cl. The maximum atomic E-state index is 10.9. The van der Waals surface area contributed by atoms with Crippen molar-refractivity contribution in [2.24, 2.45) is 5.73 Å². The molecule has 2 nitrogen and oxygen atoms in total. The molecule has 0 aliphatic rings. The third kappa shape index (κ3) is 2.14. The van der Waals surface area contributed by atoms with Crippen molar-refractivity contribution in [3.63, 3.8) is 0 Å². The lowest BCUT2D eigenvalue weighted by atomic mass is 10.1. The van der Waals surface area contributed by atoms with Gasteiger partial charge in [0.2, 0.25) is 5.91 Å². The normalized spacial score (nSPS) is 10.1. The van der Waals surface area contributed by atoms with Gasteiger partial charge in [-0.05, 0) is 24.1 Å². The smallest absolute Gasteiger partial charge is 0.250 e. The zero-order chi connectivity index (χ0) is 10.0. The fourth-order valence-corrected chi connectivity index (χ4v) is 1.66. The molecule has 0 aromatic heterocycles. The van der Waals surface area contributed by atoms with Gasteiger partial charge < -0.3 is 5.73 Å². The predicted molar refractivity (Wildman–Crippen MR) is 54.4 cm³/mol. The van der Waals surface area contributed by atoms with Crippen molar-refractivity contribution in [3.05, 3.63) is 33.3 Å². The minimum absolute atomic E-state index is 0.283. The fourth-order valence-electron chi connectivity index (χ4n) is 1.08. The highest BCUT2D eigenvalue weighted by Crippen LogP contribution is 2.25. The van der Waals surface area contributed by atoms with Gasteiger partial charge in [0.25, 0.3) is 0 Å². The summed E-state index contributed by atoms with van der Waals surface area (Å²) in [5, 5.41) is 0.884. The van der Waals surface area contributed by atoms with E-state index in [2.05, 4.69) is 0 Å². The van der Waals surface area contributed by atoms with E-state index >= 15 is 0 Å². The molecule has 0 saturated carbocycles. The first kappa shape index (κ1) is 10.4. The maximum Gasteiger partial charge on any atom is 0.250 e. The predicted octanol–water partition coefficient (Wildman–Crippen LogP) is 2.65. The minimum atomic E-state index is -0.554. The number of carbonyl (C=O) groups is 1. The zero-order valence-electron chi connectivity index (χ0n) is 7.10. The topological polar surface area (TPSA) is 43.1 Å². The molecular formula is C9H9Cl2NO. The third-order valence-corrected chi connectivity index (χ3v) is 2.42. The Balaban J connectivity index is 3.35. The highest BCUT2D eigenvalue weighted by atomic mass is 35.5. The number of aryl methyl sites for hydroxylation is 1. The van der Waals surface area contributed by atoms with Crippen LogP contribution in [0.2, 0.25) is 10.0 Å². The molecule has 70 valence electrons. The van der Waals surface area contributed by atoms with Gasteiger partial charge in [-0.3, -0.25) is 4.79 Å². The summed E-state index contributed by atoms with van der Waals surface area (Å²) in [6, 6.07) is 3.21. The molecule has 0 radical (unpaired) electrons. The van der Waals surface area contributed by atoms with E-state index in [9.17, 15) is 4.79 Å². The van der Waals surface area contributed by atoms with Gasteiger partial charge in [-0.15, -0.1) is 0 Å². The van der Waals surface area contributed by atoms with Crippen molar-refractivity contribution in [2.75, 3.05) is 0 Å². The molecule has 1 aromatic carbocycles. The fraction of sp³-hybridized carbons (Fsp3) is 0.222. The molecule has 0 aliphatic heterocycles. The second-order valence-electron chi connectivity index (χ2n) is 2.64. The van der Waals surface area contributed by atoms with Crippen molar-refractivity contribution >= 4 is 29.1 Å². The first-order valence-corrected chi connectivity index (χ1v) is 4.59. The van der Waals surface area contributed by atoms with Gasteiger partial charge in [-0.1, -0.05) is 30.1 Å². The first-order valence-electron chi connectivity index (χ1n) is 3.84. The summed E-state index contributed by atoms with van der Waals surface area (Å²) in [6.07, 6.45) is 0.722. The van der Waals surface area contributed by atoms with Gasteiger partial charge in [0.15, 0.2) is 0 Å². The van der Waals surface area contributed by atoms with Crippen LogP contribution in [0.4, 0.5) is 0 Å². The van der Waals surface area contributed by atoms with Crippen molar-refractivity contribution in [2.45, 2.75) is 13.3 Å². The molecule has 13 heavy (non-hydrogen) atoms. The summed E-state index contributed by atoms with van der Waals surface area (Å²) in [7, 11) is 0. The monoisotopic (exact) mass is 217 g/mol. The minimum Gasteiger partial charge on any atom is -0.366 e. The summed E-state index contributed by atoms with van der Waals surface area (Å²) in [6.45, 7) is 1.93. The van der Waals surface area contributed by atoms with E-state index in [1.807, 2.05) is 6.92 Å². The van der Waals surface area contributed by atoms with Gasteiger partial charge in [-0.25, -0.2) is 0 Å². The zero-order valence-corrected chi connectivity index (χ0v) is 8.62. The molecule has 0 bridgehead atoms. The molecule has 4 heteroatoms. The van der Waals surface area contributed by atoms with Gasteiger partial charge in [0, 0.05) is 5.02 Å². The highest BCUT2D eigenvalue weighted by molar-refractivity contribution is 6.36. The van der Waals surface area contributed by atoms with E-state index in [0.717, 1.165) is 12.0 Å². The molecule has 0 saturated heterocycles. The molecule has 0 unspecified atom stereocenters. The number of hydrogen-bond acceptors (Lipinski definition) is 1. The van der Waals surface area contributed by atoms with E-state index in [4.69, 9.17) is 28.9 Å². The molecule has 1 rings (SSSR count). The quantitative estimate of drug-likeness (QED) is 0.814. The van der Waals surface area contributed by atoms with Gasteiger partial charge in [-0.2, -0.15) is 0 Å². The lowest BCUT2D eigenvalue weighted by Gasteiger charge is -2.05. The van der Waals surface area contributed by atoms with Crippen molar-refractivity contribution in [1.29, 1.82) is 0 Å². The van der Waals surface area contributed by atoms with E-state index in [-0.39, 0.29) is 5.56 Å². The molecule has 0 spiro atoms. The van der Waals surface area contributed by atoms with E-state index in [0.29, 0.717) is 10.0 Å². The van der Waals surface area contributed by atoms with E-state index in [1.165, 1.54) is 6.07 Å². The lowest BCUT2D eigenvalue weighted by molar-refractivity contribution is 0.100. The average molecular weight is 218 g/mol. The molecule has 0 heterocycles. The van der Waals surface area contributed by atoms with E-state index < -0.39 is 5.91 Å². The molecule has 1 amide bonds. The van der Waals surface area contributed by atoms with Crippen LogP contribution in [0.1, 0.15) is 22.8 Å². The second-order valence-corrected chi connectivity index (χ2v) is 3.46. The van der Waals surface area contributed by atoms with Crippen LogP contribution in [0.15, 0.2) is 12.1 Å². The Morgan fingerprint density at radius 3 is 2.54 bits per heavy atom. The Bertz CT molecular complexity index is 350. The van der Waals surface area contributed by atoms with Crippen LogP contribution >= 0.6 is 23.2 Å². The number of nitrogens with two attached hydrogens (primary N) is 1. The Morgan fingerprint density at radius 1 is 1.46 bits per heavy atom. The van der Waals surface area contributed by atoms with Crippen LogP contribution in [-0.2, 0) is 6.42 Å². The summed E-state index contributed by atoms with van der Waals surface area (Å²) >= 11 is 11.7. The number of rotatable bonds is 2. The molecule has 2 N–H and O–H groups in total. The number of primary amides is 1. The van der Waals surface area contributed by atoms with Crippen LogP contribution in [0.25, 0.3) is 0 Å². The van der Waals surface area contributed by atoms with Crippen molar-refractivity contribution < 1.29 is 4.79 Å². The number of amides is 1. The van der Waals surface area contributed by atoms with E-state index in [1.54, 1.807) is 6.07 Å². The van der Waals surface area contributed by atoms with Crippen LogP contribution in [-0.4, -0.2) is 5.91 Å². The number of benzene rings is 1. The van der Waals surface area contributed by atoms with Crippen LogP contribution in [0, 0.1) is 0 Å². The summed E-state index contributed by atoms with van der Waals surface area (Å²) in [5.41, 5.74) is 6.24. The largest absolute Gasteiger partial charge is 0.366 e. The molecule has 0 atom stereocenters. The first-order chi connectivity index (χ1) is 6.06. The number of halogens is 2.